The smallest absolute Gasteiger partial charge is 0.0994 e. The molecule has 0 aliphatic rings. The Balaban J connectivity index is 2.22. The second-order valence-electron chi connectivity index (χ2n) is 3.77. The van der Waals surface area contributed by atoms with E-state index < -0.39 is 0 Å². The lowest BCUT2D eigenvalue weighted by Gasteiger charge is -2.07. The van der Waals surface area contributed by atoms with E-state index >= 15 is 0 Å². The van der Waals surface area contributed by atoms with E-state index in [1.54, 1.807) is 0 Å². The zero-order valence-corrected chi connectivity index (χ0v) is 10.1. The molecule has 0 unspecified atom stereocenters. The Bertz CT molecular complexity index is 568. The van der Waals surface area contributed by atoms with Crippen LogP contribution in [0.3, 0.4) is 0 Å². The third kappa shape index (κ3) is 2.77. The van der Waals surface area contributed by atoms with Crippen LogP contribution in [0.4, 0.5) is 11.4 Å². The van der Waals surface area contributed by atoms with Crippen LogP contribution in [0.5, 0.6) is 0 Å². The lowest BCUT2D eigenvalue weighted by molar-refractivity contribution is 1.39. The van der Waals surface area contributed by atoms with E-state index in [9.17, 15) is 0 Å². The average Bonchev–Trinajstić information content (AvgIpc) is 2.32. The Morgan fingerprint density at radius 2 is 1.71 bits per heavy atom. The van der Waals surface area contributed by atoms with E-state index in [0.29, 0.717) is 10.6 Å². The third-order valence-electron chi connectivity index (χ3n) is 2.48. The molecule has 84 valence electrons. The zero-order chi connectivity index (χ0) is 12.3. The number of nitrogens with zero attached hydrogens (tertiary/aromatic N) is 1. The highest BCUT2D eigenvalue weighted by Crippen LogP contribution is 2.21. The summed E-state index contributed by atoms with van der Waals surface area (Å²) in [5.41, 5.74) is 3.60. The van der Waals surface area contributed by atoms with Gasteiger partial charge in [-0.25, -0.2) is 0 Å². The molecule has 0 aliphatic carbocycles. The first-order chi connectivity index (χ1) is 8.19. The van der Waals surface area contributed by atoms with Crippen molar-refractivity contribution in [2.24, 2.45) is 0 Å². The van der Waals surface area contributed by atoms with Gasteiger partial charge in [0.2, 0.25) is 0 Å². The Kier molecular flexibility index (Phi) is 3.32. The molecule has 2 rings (SSSR count). The summed E-state index contributed by atoms with van der Waals surface area (Å²) in [6.07, 6.45) is 0. The van der Waals surface area contributed by atoms with E-state index in [2.05, 4.69) is 11.4 Å². The van der Waals surface area contributed by atoms with Crippen molar-refractivity contribution >= 4 is 23.0 Å². The summed E-state index contributed by atoms with van der Waals surface area (Å²) in [5, 5.41) is 12.8. The number of anilines is 2. The van der Waals surface area contributed by atoms with Gasteiger partial charge in [0.15, 0.2) is 0 Å². The van der Waals surface area contributed by atoms with Crippen molar-refractivity contribution in [3.05, 3.63) is 58.6 Å². The Labute approximate surface area is 105 Å². The van der Waals surface area contributed by atoms with Crippen LogP contribution < -0.4 is 5.32 Å². The molecule has 0 bridgehead atoms. The summed E-state index contributed by atoms with van der Waals surface area (Å²) in [4.78, 5) is 0. The van der Waals surface area contributed by atoms with Crippen molar-refractivity contribution in [2.75, 3.05) is 5.32 Å². The summed E-state index contributed by atoms with van der Waals surface area (Å²) >= 11 is 5.82. The van der Waals surface area contributed by atoms with E-state index in [1.165, 1.54) is 0 Å². The number of hydrogen-bond donors (Lipinski definition) is 1. The minimum absolute atomic E-state index is 0.701. The van der Waals surface area contributed by atoms with E-state index in [4.69, 9.17) is 16.9 Å². The minimum atomic E-state index is 0.701. The fraction of sp³-hybridized carbons (Fsp3) is 0.0714. The van der Waals surface area contributed by atoms with Crippen LogP contribution in [0.1, 0.15) is 11.1 Å². The summed E-state index contributed by atoms with van der Waals surface area (Å²) in [6, 6.07) is 15.3. The highest BCUT2D eigenvalue weighted by atomic mass is 35.5. The van der Waals surface area contributed by atoms with Gasteiger partial charge in [0, 0.05) is 16.4 Å². The standard InChI is InChI=1S/C14H11ClN2/c1-10-8-14(5-2-11(10)9-16)17-13-6-3-12(15)4-7-13/h2-8,17H,1H3. The summed E-state index contributed by atoms with van der Waals surface area (Å²) in [6.45, 7) is 1.92. The molecule has 2 aromatic rings. The monoisotopic (exact) mass is 242 g/mol. The molecule has 0 aliphatic heterocycles. The second kappa shape index (κ2) is 4.90. The third-order valence-corrected chi connectivity index (χ3v) is 2.73. The zero-order valence-electron chi connectivity index (χ0n) is 9.37. The van der Waals surface area contributed by atoms with Crippen molar-refractivity contribution < 1.29 is 0 Å². The first-order valence-electron chi connectivity index (χ1n) is 5.22. The first kappa shape index (κ1) is 11.5. The number of hydrogen-bond acceptors (Lipinski definition) is 2. The van der Waals surface area contributed by atoms with Gasteiger partial charge in [-0.15, -0.1) is 0 Å². The fourth-order valence-corrected chi connectivity index (χ4v) is 1.69. The SMILES string of the molecule is Cc1cc(Nc2ccc(Cl)cc2)ccc1C#N. The van der Waals surface area contributed by atoms with Gasteiger partial charge in [-0.05, 0) is 55.0 Å². The Hall–Kier alpha value is -1.98. The van der Waals surface area contributed by atoms with Crippen LogP contribution in [0.25, 0.3) is 0 Å². The quantitative estimate of drug-likeness (QED) is 0.854. The average molecular weight is 243 g/mol. The number of aryl methyl sites for hydroxylation is 1. The molecule has 0 aromatic heterocycles. The molecule has 0 amide bonds. The topological polar surface area (TPSA) is 35.8 Å². The molecule has 0 heterocycles. The van der Waals surface area contributed by atoms with E-state index in [-0.39, 0.29) is 0 Å². The van der Waals surface area contributed by atoms with Crippen LogP contribution >= 0.6 is 11.6 Å². The molecule has 0 atom stereocenters. The number of nitriles is 1. The van der Waals surface area contributed by atoms with Crippen molar-refractivity contribution in [1.82, 2.24) is 0 Å². The largest absolute Gasteiger partial charge is 0.356 e. The van der Waals surface area contributed by atoms with Gasteiger partial charge in [-0.3, -0.25) is 0 Å². The van der Waals surface area contributed by atoms with Gasteiger partial charge >= 0.3 is 0 Å². The van der Waals surface area contributed by atoms with Crippen molar-refractivity contribution in [1.29, 1.82) is 5.26 Å². The predicted octanol–water partition coefficient (Wildman–Crippen LogP) is 4.26. The van der Waals surface area contributed by atoms with E-state index in [1.807, 2.05) is 49.4 Å². The van der Waals surface area contributed by atoms with Gasteiger partial charge in [-0.2, -0.15) is 5.26 Å². The maximum Gasteiger partial charge on any atom is 0.0994 e. The van der Waals surface area contributed by atoms with Gasteiger partial charge in [0.1, 0.15) is 0 Å². The Morgan fingerprint density at radius 3 is 2.29 bits per heavy atom. The summed E-state index contributed by atoms with van der Waals surface area (Å²) in [7, 11) is 0. The molecule has 0 saturated heterocycles. The second-order valence-corrected chi connectivity index (χ2v) is 4.21. The number of nitrogens with one attached hydrogen (secondary N) is 1. The lowest BCUT2D eigenvalue weighted by Crippen LogP contribution is -1.91. The highest BCUT2D eigenvalue weighted by molar-refractivity contribution is 6.30. The fourth-order valence-electron chi connectivity index (χ4n) is 1.57. The normalized spacial score (nSPS) is 9.71. The summed E-state index contributed by atoms with van der Waals surface area (Å²) < 4.78 is 0. The van der Waals surface area contributed by atoms with Crippen LogP contribution in [0.2, 0.25) is 5.02 Å². The highest BCUT2D eigenvalue weighted by Gasteiger charge is 1.99. The molecule has 0 saturated carbocycles. The Morgan fingerprint density at radius 1 is 1.06 bits per heavy atom. The predicted molar refractivity (Wildman–Crippen MR) is 70.6 cm³/mol. The molecule has 17 heavy (non-hydrogen) atoms. The van der Waals surface area contributed by atoms with Gasteiger partial charge < -0.3 is 5.32 Å². The molecule has 1 N–H and O–H groups in total. The number of benzene rings is 2. The molecule has 3 heteroatoms. The van der Waals surface area contributed by atoms with Crippen LogP contribution in [0, 0.1) is 18.3 Å². The molecule has 0 fully saturated rings. The maximum atomic E-state index is 8.84. The molecular weight excluding hydrogens is 232 g/mol. The summed E-state index contributed by atoms with van der Waals surface area (Å²) in [5.74, 6) is 0. The lowest BCUT2D eigenvalue weighted by atomic mass is 10.1. The molecular formula is C14H11ClN2. The van der Waals surface area contributed by atoms with Crippen LogP contribution in [-0.2, 0) is 0 Å². The molecule has 0 radical (unpaired) electrons. The molecule has 2 aromatic carbocycles. The molecule has 2 nitrogen and oxygen atoms in total. The number of halogens is 1. The van der Waals surface area contributed by atoms with Crippen molar-refractivity contribution in [2.45, 2.75) is 6.92 Å². The van der Waals surface area contributed by atoms with Gasteiger partial charge in [0.25, 0.3) is 0 Å². The van der Waals surface area contributed by atoms with Crippen molar-refractivity contribution in [3.63, 3.8) is 0 Å². The van der Waals surface area contributed by atoms with Crippen molar-refractivity contribution in [3.8, 4) is 6.07 Å². The van der Waals surface area contributed by atoms with Crippen LogP contribution in [-0.4, -0.2) is 0 Å². The van der Waals surface area contributed by atoms with Crippen LogP contribution in [0.15, 0.2) is 42.5 Å². The van der Waals surface area contributed by atoms with Gasteiger partial charge in [-0.1, -0.05) is 11.6 Å². The minimum Gasteiger partial charge on any atom is -0.356 e. The number of rotatable bonds is 2. The molecule has 0 spiro atoms. The van der Waals surface area contributed by atoms with E-state index in [0.717, 1.165) is 16.9 Å². The first-order valence-corrected chi connectivity index (χ1v) is 5.60. The van der Waals surface area contributed by atoms with Gasteiger partial charge in [0.05, 0.1) is 11.6 Å². The maximum absolute atomic E-state index is 8.84.